The van der Waals surface area contributed by atoms with E-state index in [1.807, 2.05) is 0 Å². The Morgan fingerprint density at radius 1 is 0.864 bits per heavy atom. The van der Waals surface area contributed by atoms with Crippen molar-refractivity contribution in [3.8, 4) is 34.3 Å². The van der Waals surface area contributed by atoms with Gasteiger partial charge in [0.25, 0.3) is 0 Å². The van der Waals surface area contributed by atoms with Crippen molar-refractivity contribution in [2.75, 3.05) is 14.2 Å². The van der Waals surface area contributed by atoms with Crippen LogP contribution in [0.1, 0.15) is 0 Å². The van der Waals surface area contributed by atoms with Crippen LogP contribution < -0.4 is 9.47 Å². The van der Waals surface area contributed by atoms with E-state index in [1.54, 1.807) is 38.6 Å². The minimum Gasteiger partial charge on any atom is -0.504 e. The lowest BCUT2D eigenvalue weighted by Gasteiger charge is -2.09. The predicted octanol–water partition coefficient (Wildman–Crippen LogP) is 2.73. The van der Waals surface area contributed by atoms with Crippen LogP contribution >= 0.6 is 0 Å². The molecule has 2 aromatic carbocycles. The molecule has 6 nitrogen and oxygen atoms in total. The molecule has 0 aliphatic heterocycles. The summed E-state index contributed by atoms with van der Waals surface area (Å²) in [5, 5.41) is 19.0. The first-order valence-corrected chi connectivity index (χ1v) is 6.53. The number of hydrogen-bond donors (Lipinski definition) is 2. The smallest absolute Gasteiger partial charge is 0.163 e. The third kappa shape index (κ3) is 2.35. The highest BCUT2D eigenvalue weighted by Crippen LogP contribution is 2.33. The van der Waals surface area contributed by atoms with E-state index in [-0.39, 0.29) is 11.5 Å². The standard InChI is InChI=1S/C16H14N2O4/c1-21-15-6-10-11(7-16(15)22-2)18-12(8-17-10)9-3-4-13(19)14(20)5-9/h3-8,19-20H,1-2H3. The summed E-state index contributed by atoms with van der Waals surface area (Å²) in [6.45, 7) is 0. The zero-order valence-electron chi connectivity index (χ0n) is 12.1. The lowest BCUT2D eigenvalue weighted by atomic mass is 10.1. The Balaban J connectivity index is 2.14. The van der Waals surface area contributed by atoms with Crippen molar-refractivity contribution in [1.82, 2.24) is 9.97 Å². The van der Waals surface area contributed by atoms with Gasteiger partial charge in [0.15, 0.2) is 23.0 Å². The largest absolute Gasteiger partial charge is 0.504 e. The third-order valence-corrected chi connectivity index (χ3v) is 3.32. The summed E-state index contributed by atoms with van der Waals surface area (Å²) < 4.78 is 10.5. The van der Waals surface area contributed by atoms with Crippen molar-refractivity contribution in [2.45, 2.75) is 0 Å². The van der Waals surface area contributed by atoms with E-state index >= 15 is 0 Å². The Hall–Kier alpha value is -3.02. The van der Waals surface area contributed by atoms with E-state index in [9.17, 15) is 10.2 Å². The normalized spacial score (nSPS) is 10.6. The second-order valence-corrected chi connectivity index (χ2v) is 4.65. The molecular formula is C16H14N2O4. The van der Waals surface area contributed by atoms with E-state index < -0.39 is 0 Å². The van der Waals surface area contributed by atoms with Crippen LogP contribution in [-0.2, 0) is 0 Å². The Morgan fingerprint density at radius 3 is 2.18 bits per heavy atom. The van der Waals surface area contributed by atoms with Crippen LogP contribution in [-0.4, -0.2) is 34.4 Å². The van der Waals surface area contributed by atoms with Crippen LogP contribution in [0.25, 0.3) is 22.3 Å². The van der Waals surface area contributed by atoms with Crippen LogP contribution in [0.2, 0.25) is 0 Å². The van der Waals surface area contributed by atoms with Crippen LogP contribution in [0.3, 0.4) is 0 Å². The van der Waals surface area contributed by atoms with E-state index in [0.717, 1.165) is 0 Å². The van der Waals surface area contributed by atoms with Gasteiger partial charge in [-0.1, -0.05) is 0 Å². The van der Waals surface area contributed by atoms with Crippen molar-refractivity contribution in [3.63, 3.8) is 0 Å². The van der Waals surface area contributed by atoms with Crippen LogP contribution in [0.4, 0.5) is 0 Å². The summed E-state index contributed by atoms with van der Waals surface area (Å²) in [5.74, 6) is 0.768. The number of ether oxygens (including phenoxy) is 2. The highest BCUT2D eigenvalue weighted by atomic mass is 16.5. The predicted molar refractivity (Wildman–Crippen MR) is 81.4 cm³/mol. The van der Waals surface area contributed by atoms with E-state index in [4.69, 9.17) is 9.47 Å². The molecule has 0 fully saturated rings. The Kier molecular flexibility index (Phi) is 3.42. The molecule has 0 saturated heterocycles. The van der Waals surface area contributed by atoms with E-state index in [0.29, 0.717) is 33.8 Å². The molecule has 0 bridgehead atoms. The summed E-state index contributed by atoms with van der Waals surface area (Å²) >= 11 is 0. The minimum absolute atomic E-state index is 0.177. The van der Waals surface area contributed by atoms with Gasteiger partial charge in [-0.05, 0) is 18.2 Å². The molecule has 6 heteroatoms. The van der Waals surface area contributed by atoms with Gasteiger partial charge in [-0.3, -0.25) is 4.98 Å². The summed E-state index contributed by atoms with van der Waals surface area (Å²) in [5.41, 5.74) is 2.54. The number of fused-ring (bicyclic) bond motifs is 1. The van der Waals surface area contributed by atoms with Crippen molar-refractivity contribution >= 4 is 11.0 Å². The zero-order valence-corrected chi connectivity index (χ0v) is 12.1. The van der Waals surface area contributed by atoms with Gasteiger partial charge in [0.1, 0.15) is 0 Å². The van der Waals surface area contributed by atoms with Crippen molar-refractivity contribution < 1.29 is 19.7 Å². The molecule has 0 radical (unpaired) electrons. The molecular weight excluding hydrogens is 284 g/mol. The van der Waals surface area contributed by atoms with Gasteiger partial charge in [-0.15, -0.1) is 0 Å². The van der Waals surface area contributed by atoms with Crippen molar-refractivity contribution in [1.29, 1.82) is 0 Å². The first-order chi connectivity index (χ1) is 10.6. The van der Waals surface area contributed by atoms with Gasteiger partial charge in [0.2, 0.25) is 0 Å². The molecule has 22 heavy (non-hydrogen) atoms. The molecule has 0 atom stereocenters. The topological polar surface area (TPSA) is 84.7 Å². The molecule has 3 rings (SSSR count). The molecule has 1 heterocycles. The number of hydrogen-bond acceptors (Lipinski definition) is 6. The van der Waals surface area contributed by atoms with Gasteiger partial charge >= 0.3 is 0 Å². The highest BCUT2D eigenvalue weighted by Gasteiger charge is 2.10. The quantitative estimate of drug-likeness (QED) is 0.723. The number of aromatic nitrogens is 2. The average Bonchev–Trinajstić information content (AvgIpc) is 2.55. The zero-order chi connectivity index (χ0) is 15.7. The fourth-order valence-corrected chi connectivity index (χ4v) is 2.16. The molecule has 0 unspecified atom stereocenters. The van der Waals surface area contributed by atoms with Crippen molar-refractivity contribution in [2.24, 2.45) is 0 Å². The van der Waals surface area contributed by atoms with Gasteiger partial charge < -0.3 is 19.7 Å². The lowest BCUT2D eigenvalue weighted by Crippen LogP contribution is -1.94. The van der Waals surface area contributed by atoms with Crippen LogP contribution in [0, 0.1) is 0 Å². The van der Waals surface area contributed by atoms with Crippen LogP contribution in [0.5, 0.6) is 23.0 Å². The maximum absolute atomic E-state index is 9.59. The van der Waals surface area contributed by atoms with Gasteiger partial charge in [0.05, 0.1) is 37.1 Å². The monoisotopic (exact) mass is 298 g/mol. The second kappa shape index (κ2) is 5.40. The summed E-state index contributed by atoms with van der Waals surface area (Å²) in [6, 6.07) is 7.99. The number of nitrogens with zero attached hydrogens (tertiary/aromatic N) is 2. The molecule has 2 N–H and O–H groups in total. The number of aromatic hydroxyl groups is 2. The molecule has 112 valence electrons. The molecule has 0 aliphatic rings. The van der Waals surface area contributed by atoms with Gasteiger partial charge in [-0.2, -0.15) is 0 Å². The molecule has 0 spiro atoms. The Labute approximate surface area is 126 Å². The fourth-order valence-electron chi connectivity index (χ4n) is 2.16. The fraction of sp³-hybridized carbons (Fsp3) is 0.125. The van der Waals surface area contributed by atoms with Gasteiger partial charge in [-0.25, -0.2) is 4.98 Å². The van der Waals surface area contributed by atoms with Crippen molar-refractivity contribution in [3.05, 3.63) is 36.5 Å². The Bertz CT molecular complexity index is 849. The summed E-state index contributed by atoms with van der Waals surface area (Å²) in [7, 11) is 3.11. The maximum Gasteiger partial charge on any atom is 0.163 e. The minimum atomic E-state index is -0.202. The lowest BCUT2D eigenvalue weighted by molar-refractivity contribution is 0.355. The number of methoxy groups -OCH3 is 2. The van der Waals surface area contributed by atoms with E-state index in [1.165, 1.54) is 12.1 Å². The number of phenolic OH excluding ortho intramolecular Hbond substituents is 2. The van der Waals surface area contributed by atoms with Crippen LogP contribution in [0.15, 0.2) is 36.5 Å². The first-order valence-electron chi connectivity index (χ1n) is 6.53. The number of rotatable bonds is 3. The third-order valence-electron chi connectivity index (χ3n) is 3.32. The highest BCUT2D eigenvalue weighted by molar-refractivity contribution is 5.81. The Morgan fingerprint density at radius 2 is 1.55 bits per heavy atom. The summed E-state index contributed by atoms with van der Waals surface area (Å²) in [4.78, 5) is 8.86. The molecule has 3 aromatic rings. The SMILES string of the molecule is COc1cc2ncc(-c3ccc(O)c(O)c3)nc2cc1OC. The summed E-state index contributed by atoms with van der Waals surface area (Å²) in [6.07, 6.45) is 1.60. The second-order valence-electron chi connectivity index (χ2n) is 4.65. The molecule has 0 amide bonds. The maximum atomic E-state index is 9.59. The van der Waals surface area contributed by atoms with Gasteiger partial charge in [0, 0.05) is 17.7 Å². The molecule has 0 saturated carbocycles. The molecule has 1 aromatic heterocycles. The first kappa shape index (κ1) is 13.9. The average molecular weight is 298 g/mol. The molecule has 0 aliphatic carbocycles. The van der Waals surface area contributed by atoms with E-state index in [2.05, 4.69) is 9.97 Å². The number of benzene rings is 2. The number of phenols is 2.